The van der Waals surface area contributed by atoms with Crippen LogP contribution in [0.3, 0.4) is 0 Å². The number of phenolic OH excluding ortho intramolecular Hbond substituents is 4. The van der Waals surface area contributed by atoms with Gasteiger partial charge in [-0.25, -0.2) is 0 Å². The molecule has 13 heteroatoms. The number of aliphatic hydroxyl groups excluding tert-OH is 5. The molecule has 0 spiro atoms. The molecule has 0 radical (unpaired) electrons. The molecule has 0 aliphatic carbocycles. The van der Waals surface area contributed by atoms with Gasteiger partial charge in [0.15, 0.2) is 23.7 Å². The fraction of sp³-hybridized carbons (Fsp3) is 0.381. The van der Waals surface area contributed by atoms with Crippen molar-refractivity contribution in [1.82, 2.24) is 0 Å². The first-order valence-electron chi connectivity index (χ1n) is 10.0. The number of hydrogen-bond acceptors (Lipinski definition) is 13. The van der Waals surface area contributed by atoms with Gasteiger partial charge in [-0.2, -0.15) is 0 Å². The predicted octanol–water partition coefficient (Wildman–Crippen LogP) is -1.64. The Morgan fingerprint density at radius 3 is 2.12 bits per heavy atom. The van der Waals surface area contributed by atoms with Crippen molar-refractivity contribution in [2.75, 3.05) is 6.61 Å². The Hall–Kier alpha value is -3.33. The molecule has 4 rings (SSSR count). The topological polar surface area (TPSA) is 227 Å². The van der Waals surface area contributed by atoms with E-state index in [0.717, 1.165) is 24.3 Å². The number of aliphatic hydroxyl groups is 5. The summed E-state index contributed by atoms with van der Waals surface area (Å²) in [6, 6.07) is 3.90. The van der Waals surface area contributed by atoms with E-state index in [1.807, 2.05) is 0 Å². The van der Waals surface area contributed by atoms with Crippen molar-refractivity contribution in [2.45, 2.75) is 42.9 Å². The van der Waals surface area contributed by atoms with Crippen molar-refractivity contribution in [3.63, 3.8) is 0 Å². The maximum absolute atomic E-state index is 12.6. The van der Waals surface area contributed by atoms with Crippen LogP contribution >= 0.6 is 0 Å². The Kier molecular flexibility index (Phi) is 6.16. The molecule has 0 unspecified atom stereocenters. The summed E-state index contributed by atoms with van der Waals surface area (Å²) in [4.78, 5) is 12.6. The molecule has 2 aliphatic rings. The monoisotopic (exact) mass is 482 g/mol. The van der Waals surface area contributed by atoms with E-state index < -0.39 is 84.1 Å². The van der Waals surface area contributed by atoms with Crippen LogP contribution < -0.4 is 9.47 Å². The van der Waals surface area contributed by atoms with Gasteiger partial charge in [0.25, 0.3) is 0 Å². The van der Waals surface area contributed by atoms with Gasteiger partial charge >= 0.3 is 0 Å². The van der Waals surface area contributed by atoms with Crippen LogP contribution in [0.15, 0.2) is 24.3 Å². The van der Waals surface area contributed by atoms with Gasteiger partial charge in [-0.3, -0.25) is 4.79 Å². The minimum Gasteiger partial charge on any atom is -0.508 e. The van der Waals surface area contributed by atoms with E-state index in [1.165, 1.54) is 0 Å². The lowest BCUT2D eigenvalue weighted by atomic mass is 9.92. The van der Waals surface area contributed by atoms with Crippen LogP contribution in [0.25, 0.3) is 0 Å². The lowest BCUT2D eigenvalue weighted by Gasteiger charge is -2.39. The second-order valence-electron chi connectivity index (χ2n) is 7.89. The Morgan fingerprint density at radius 1 is 0.853 bits per heavy atom. The molecular formula is C21H22O13. The largest absolute Gasteiger partial charge is 0.508 e. The van der Waals surface area contributed by atoms with Gasteiger partial charge in [-0.1, -0.05) is 0 Å². The van der Waals surface area contributed by atoms with Gasteiger partial charge in [0.2, 0.25) is 17.8 Å². The van der Waals surface area contributed by atoms with Gasteiger partial charge < -0.3 is 60.2 Å². The Labute approximate surface area is 190 Å². The van der Waals surface area contributed by atoms with E-state index in [1.54, 1.807) is 0 Å². The molecular weight excluding hydrogens is 460 g/mol. The summed E-state index contributed by atoms with van der Waals surface area (Å²) in [5, 5.41) is 89.9. The summed E-state index contributed by atoms with van der Waals surface area (Å²) < 4.78 is 16.0. The van der Waals surface area contributed by atoms with E-state index in [2.05, 4.69) is 0 Å². The first-order valence-corrected chi connectivity index (χ1v) is 10.0. The third-order valence-corrected chi connectivity index (χ3v) is 5.60. The molecule has 0 saturated carbocycles. The summed E-state index contributed by atoms with van der Waals surface area (Å²) in [6.45, 7) is -0.723. The van der Waals surface area contributed by atoms with Crippen LogP contribution in [0.2, 0.25) is 0 Å². The zero-order valence-electron chi connectivity index (χ0n) is 17.2. The first kappa shape index (κ1) is 23.8. The quantitative estimate of drug-likeness (QED) is 0.239. The van der Waals surface area contributed by atoms with Crippen molar-refractivity contribution < 1.29 is 65.0 Å². The van der Waals surface area contributed by atoms with Gasteiger partial charge in [-0.05, 0) is 12.1 Å². The molecule has 0 aromatic heterocycles. The van der Waals surface area contributed by atoms with Crippen molar-refractivity contribution in [3.05, 3.63) is 35.4 Å². The zero-order chi connectivity index (χ0) is 24.9. The molecule has 1 saturated heterocycles. The van der Waals surface area contributed by atoms with Gasteiger partial charge in [0.05, 0.1) is 6.61 Å². The zero-order valence-corrected chi connectivity index (χ0v) is 17.2. The third-order valence-electron chi connectivity index (χ3n) is 5.60. The average molecular weight is 482 g/mol. The maximum atomic E-state index is 12.6. The molecule has 2 aromatic rings. The Morgan fingerprint density at radius 2 is 1.50 bits per heavy atom. The number of Topliss-reactive ketones (excluding diaryl/α,β-unsaturated/α-hetero) is 1. The number of phenols is 4. The van der Waals surface area contributed by atoms with Crippen LogP contribution in [-0.2, 0) is 4.74 Å². The number of carbonyl (C=O) groups excluding carboxylic acids is 1. The smallest absolute Gasteiger partial charge is 0.229 e. The van der Waals surface area contributed by atoms with E-state index in [-0.39, 0.29) is 16.9 Å². The maximum Gasteiger partial charge on any atom is 0.229 e. The fourth-order valence-electron chi connectivity index (χ4n) is 3.85. The minimum absolute atomic E-state index is 0.0921. The lowest BCUT2D eigenvalue weighted by molar-refractivity contribution is -0.277. The molecule has 34 heavy (non-hydrogen) atoms. The van der Waals surface area contributed by atoms with E-state index in [4.69, 9.17) is 14.2 Å². The lowest BCUT2D eigenvalue weighted by Crippen LogP contribution is -2.60. The van der Waals surface area contributed by atoms with Crippen LogP contribution in [0.1, 0.15) is 22.0 Å². The minimum atomic E-state index is -1.85. The third kappa shape index (κ3) is 3.94. The highest BCUT2D eigenvalue weighted by Gasteiger charge is 2.45. The summed E-state index contributed by atoms with van der Waals surface area (Å²) in [5.74, 6) is -4.26. The Bertz CT molecular complexity index is 1080. The number of benzene rings is 2. The standard InChI is InChI=1S/C21H22O13/c22-5-12-14(27)16(29)18(31)21(33-12)34-20-9(25)1-6(2-10(20)26)19-17(30)15(28)13-8(24)3-7(23)4-11(13)32-19/h1-4,12,14,16-19,21-27,29-31H,5H2/t12-,14-,16+,17-,18-,19+,21-/m0/s1. The molecule has 9 N–H and O–H groups in total. The molecule has 7 atom stereocenters. The fourth-order valence-corrected chi connectivity index (χ4v) is 3.85. The summed E-state index contributed by atoms with van der Waals surface area (Å²) in [7, 11) is 0. The van der Waals surface area contributed by atoms with Crippen LogP contribution in [0.4, 0.5) is 0 Å². The molecule has 2 heterocycles. The highest BCUT2D eigenvalue weighted by molar-refractivity contribution is 6.05. The summed E-state index contributed by atoms with van der Waals surface area (Å²) >= 11 is 0. The second kappa shape index (κ2) is 8.79. The van der Waals surface area contributed by atoms with Crippen LogP contribution in [-0.4, -0.2) is 95.2 Å². The number of carbonyl (C=O) groups is 1. The molecule has 13 nitrogen and oxygen atoms in total. The van der Waals surface area contributed by atoms with Crippen molar-refractivity contribution >= 4 is 5.78 Å². The average Bonchev–Trinajstić information content (AvgIpc) is 2.77. The number of aromatic hydroxyl groups is 4. The predicted molar refractivity (Wildman–Crippen MR) is 108 cm³/mol. The SMILES string of the molecule is O=C1c2c(O)cc(O)cc2O[C@H](c2cc(O)c(O[C@@H]3O[C@@H](CO)[C@H](O)[C@@H](O)[C@@H]3O)c(O)c2)[C@H]1O. The normalized spacial score (nSPS) is 31.0. The molecule has 0 amide bonds. The van der Waals surface area contributed by atoms with Crippen LogP contribution in [0.5, 0.6) is 34.5 Å². The number of hydrogen-bond donors (Lipinski definition) is 9. The second-order valence-corrected chi connectivity index (χ2v) is 7.89. The van der Waals surface area contributed by atoms with E-state index >= 15 is 0 Å². The Balaban J connectivity index is 1.62. The highest BCUT2D eigenvalue weighted by Crippen LogP contribution is 2.45. The molecule has 2 aromatic carbocycles. The van der Waals surface area contributed by atoms with Crippen molar-refractivity contribution in [3.8, 4) is 34.5 Å². The molecule has 2 aliphatic heterocycles. The molecule has 1 fully saturated rings. The van der Waals surface area contributed by atoms with Gasteiger partial charge in [0.1, 0.15) is 47.2 Å². The first-order chi connectivity index (χ1) is 16.0. The highest BCUT2D eigenvalue weighted by atomic mass is 16.7. The summed E-state index contributed by atoms with van der Waals surface area (Å²) in [6.07, 6.45) is -11.5. The van der Waals surface area contributed by atoms with Crippen molar-refractivity contribution in [2.24, 2.45) is 0 Å². The van der Waals surface area contributed by atoms with Gasteiger partial charge in [-0.15, -0.1) is 0 Å². The number of ketones is 1. The molecule has 184 valence electrons. The summed E-state index contributed by atoms with van der Waals surface area (Å²) in [5.41, 5.74) is -0.442. The number of fused-ring (bicyclic) bond motifs is 1. The van der Waals surface area contributed by atoms with E-state index in [0.29, 0.717) is 0 Å². The van der Waals surface area contributed by atoms with Crippen LogP contribution in [0, 0.1) is 0 Å². The van der Waals surface area contributed by atoms with Crippen molar-refractivity contribution in [1.29, 1.82) is 0 Å². The van der Waals surface area contributed by atoms with Gasteiger partial charge in [0, 0.05) is 17.7 Å². The number of ether oxygens (including phenoxy) is 3. The van der Waals surface area contributed by atoms with E-state index in [9.17, 15) is 50.8 Å². The number of rotatable bonds is 4. The molecule has 0 bridgehead atoms.